The highest BCUT2D eigenvalue weighted by Gasteiger charge is 2.19. The third-order valence-electron chi connectivity index (χ3n) is 3.31. The summed E-state index contributed by atoms with van der Waals surface area (Å²) in [4.78, 5) is 6.68. The molecule has 0 amide bonds. The van der Waals surface area contributed by atoms with Gasteiger partial charge in [-0.15, -0.1) is 0 Å². The lowest BCUT2D eigenvalue weighted by atomic mass is 10.1. The summed E-state index contributed by atoms with van der Waals surface area (Å²) in [5, 5.41) is 1.10. The third kappa shape index (κ3) is 3.29. The topological polar surface area (TPSA) is 16.1 Å². The Kier molecular flexibility index (Phi) is 4.79. The second-order valence-electron chi connectivity index (χ2n) is 4.48. The van der Waals surface area contributed by atoms with E-state index >= 15 is 0 Å². The predicted molar refractivity (Wildman–Crippen MR) is 70.7 cm³/mol. The number of alkyl halides is 1. The lowest BCUT2D eigenvalue weighted by Gasteiger charge is -2.28. The third-order valence-corrected chi connectivity index (χ3v) is 4.06. The molecule has 1 aliphatic heterocycles. The maximum atomic E-state index is 4.07. The van der Waals surface area contributed by atoms with Gasteiger partial charge < -0.3 is 0 Å². The number of pyridine rings is 1. The molecule has 0 aromatic carbocycles. The SMILES string of the molecule is BrCC1CCCCCN1Cc1ccncc1. The van der Waals surface area contributed by atoms with Crippen LogP contribution in [0.25, 0.3) is 0 Å². The second-order valence-corrected chi connectivity index (χ2v) is 5.13. The van der Waals surface area contributed by atoms with Crippen molar-refractivity contribution in [2.45, 2.75) is 38.3 Å². The van der Waals surface area contributed by atoms with E-state index in [9.17, 15) is 0 Å². The first kappa shape index (κ1) is 12.1. The van der Waals surface area contributed by atoms with Crippen LogP contribution in [0.1, 0.15) is 31.2 Å². The monoisotopic (exact) mass is 282 g/mol. The molecule has 88 valence electrons. The van der Waals surface area contributed by atoms with E-state index in [1.807, 2.05) is 12.4 Å². The van der Waals surface area contributed by atoms with E-state index in [4.69, 9.17) is 0 Å². The number of likely N-dealkylation sites (tertiary alicyclic amines) is 1. The molecule has 16 heavy (non-hydrogen) atoms. The van der Waals surface area contributed by atoms with Crippen molar-refractivity contribution in [2.75, 3.05) is 11.9 Å². The van der Waals surface area contributed by atoms with Crippen LogP contribution in [0.5, 0.6) is 0 Å². The molecule has 0 aliphatic carbocycles. The van der Waals surface area contributed by atoms with Crippen molar-refractivity contribution in [3.05, 3.63) is 30.1 Å². The van der Waals surface area contributed by atoms with E-state index in [1.165, 1.54) is 37.8 Å². The summed E-state index contributed by atoms with van der Waals surface area (Å²) in [6.45, 7) is 2.30. The van der Waals surface area contributed by atoms with Crippen LogP contribution >= 0.6 is 15.9 Å². The zero-order valence-electron chi connectivity index (χ0n) is 9.61. The smallest absolute Gasteiger partial charge is 0.0271 e. The zero-order valence-corrected chi connectivity index (χ0v) is 11.2. The predicted octanol–water partition coefficient (Wildman–Crippen LogP) is 3.22. The second kappa shape index (κ2) is 6.36. The van der Waals surface area contributed by atoms with Crippen molar-refractivity contribution >= 4 is 15.9 Å². The van der Waals surface area contributed by atoms with Crippen LogP contribution in [0.3, 0.4) is 0 Å². The van der Waals surface area contributed by atoms with Gasteiger partial charge in [-0.1, -0.05) is 28.8 Å². The number of nitrogens with zero attached hydrogens (tertiary/aromatic N) is 2. The van der Waals surface area contributed by atoms with Crippen molar-refractivity contribution in [2.24, 2.45) is 0 Å². The van der Waals surface area contributed by atoms with E-state index in [2.05, 4.69) is 37.9 Å². The average molecular weight is 283 g/mol. The Hall–Kier alpha value is -0.410. The highest BCUT2D eigenvalue weighted by molar-refractivity contribution is 9.09. The van der Waals surface area contributed by atoms with E-state index in [1.54, 1.807) is 0 Å². The lowest BCUT2D eigenvalue weighted by Crippen LogP contribution is -2.35. The van der Waals surface area contributed by atoms with Gasteiger partial charge in [0.05, 0.1) is 0 Å². The van der Waals surface area contributed by atoms with Gasteiger partial charge in [0.1, 0.15) is 0 Å². The first-order valence-corrected chi connectivity index (χ1v) is 7.21. The van der Waals surface area contributed by atoms with E-state index in [0.717, 1.165) is 11.9 Å². The highest BCUT2D eigenvalue weighted by Crippen LogP contribution is 2.20. The molecule has 1 unspecified atom stereocenters. The van der Waals surface area contributed by atoms with Crippen molar-refractivity contribution < 1.29 is 0 Å². The summed E-state index contributed by atoms with van der Waals surface area (Å²) >= 11 is 3.65. The molecule has 2 rings (SSSR count). The molecule has 1 aliphatic rings. The largest absolute Gasteiger partial charge is 0.295 e. The molecule has 2 nitrogen and oxygen atoms in total. The Labute approximate surface area is 106 Å². The van der Waals surface area contributed by atoms with Gasteiger partial charge >= 0.3 is 0 Å². The Morgan fingerprint density at radius 1 is 1.25 bits per heavy atom. The molecule has 0 spiro atoms. The minimum Gasteiger partial charge on any atom is -0.295 e. The molecule has 0 radical (unpaired) electrons. The number of halogens is 1. The highest BCUT2D eigenvalue weighted by atomic mass is 79.9. The Bertz CT molecular complexity index is 302. The first-order chi connectivity index (χ1) is 7.90. The van der Waals surface area contributed by atoms with Crippen molar-refractivity contribution in [3.8, 4) is 0 Å². The Morgan fingerprint density at radius 3 is 2.81 bits per heavy atom. The molecule has 0 N–H and O–H groups in total. The minimum atomic E-state index is 0.704. The van der Waals surface area contributed by atoms with Crippen LogP contribution in [-0.4, -0.2) is 27.8 Å². The summed E-state index contributed by atoms with van der Waals surface area (Å²) < 4.78 is 0. The van der Waals surface area contributed by atoms with Crippen molar-refractivity contribution in [3.63, 3.8) is 0 Å². The van der Waals surface area contributed by atoms with Crippen LogP contribution in [0, 0.1) is 0 Å². The fourth-order valence-electron chi connectivity index (χ4n) is 2.34. The maximum absolute atomic E-state index is 4.07. The van der Waals surface area contributed by atoms with Crippen molar-refractivity contribution in [1.82, 2.24) is 9.88 Å². The summed E-state index contributed by atoms with van der Waals surface area (Å²) in [5.74, 6) is 0. The van der Waals surface area contributed by atoms with Gasteiger partial charge in [-0.2, -0.15) is 0 Å². The van der Waals surface area contributed by atoms with E-state index in [-0.39, 0.29) is 0 Å². The van der Waals surface area contributed by atoms with Crippen LogP contribution < -0.4 is 0 Å². The molecule has 1 atom stereocenters. The standard InChI is InChI=1S/C13H19BrN2/c14-10-13-4-2-1-3-9-16(13)11-12-5-7-15-8-6-12/h5-8,13H,1-4,9-11H2. The van der Waals surface area contributed by atoms with Gasteiger partial charge in [0, 0.05) is 30.3 Å². The summed E-state index contributed by atoms with van der Waals surface area (Å²) in [6.07, 6.45) is 9.21. The molecule has 1 saturated heterocycles. The first-order valence-electron chi connectivity index (χ1n) is 6.09. The van der Waals surface area contributed by atoms with Gasteiger partial charge in [0.25, 0.3) is 0 Å². The van der Waals surface area contributed by atoms with Crippen LogP contribution in [-0.2, 0) is 6.54 Å². The fraction of sp³-hybridized carbons (Fsp3) is 0.615. The van der Waals surface area contributed by atoms with E-state index < -0.39 is 0 Å². The molecule has 2 heterocycles. The summed E-state index contributed by atoms with van der Waals surface area (Å²) in [5.41, 5.74) is 1.38. The molecule has 0 bridgehead atoms. The van der Waals surface area contributed by atoms with Gasteiger partial charge in [-0.25, -0.2) is 0 Å². The van der Waals surface area contributed by atoms with Gasteiger partial charge in [0.2, 0.25) is 0 Å². The van der Waals surface area contributed by atoms with Gasteiger partial charge in [-0.3, -0.25) is 9.88 Å². The number of aromatic nitrogens is 1. The average Bonchev–Trinajstić information content (AvgIpc) is 2.55. The fourth-order valence-corrected chi connectivity index (χ4v) is 3.08. The normalized spacial score (nSPS) is 22.9. The minimum absolute atomic E-state index is 0.704. The van der Waals surface area contributed by atoms with Gasteiger partial charge in [-0.05, 0) is 37.1 Å². The molecule has 1 aromatic heterocycles. The molecule has 0 saturated carbocycles. The molecular formula is C13H19BrN2. The Balaban J connectivity index is 2.00. The molecule has 1 fully saturated rings. The lowest BCUT2D eigenvalue weighted by molar-refractivity contribution is 0.209. The Morgan fingerprint density at radius 2 is 2.06 bits per heavy atom. The summed E-state index contributed by atoms with van der Waals surface area (Å²) in [6, 6.07) is 4.95. The van der Waals surface area contributed by atoms with E-state index in [0.29, 0.717) is 6.04 Å². The number of hydrogen-bond acceptors (Lipinski definition) is 2. The van der Waals surface area contributed by atoms with Gasteiger partial charge in [0.15, 0.2) is 0 Å². The molecule has 1 aromatic rings. The quantitative estimate of drug-likeness (QED) is 0.792. The van der Waals surface area contributed by atoms with Crippen LogP contribution in [0.15, 0.2) is 24.5 Å². The molecule has 3 heteroatoms. The number of rotatable bonds is 3. The van der Waals surface area contributed by atoms with Crippen LogP contribution in [0.4, 0.5) is 0 Å². The zero-order chi connectivity index (χ0) is 11.2. The number of hydrogen-bond donors (Lipinski definition) is 0. The maximum Gasteiger partial charge on any atom is 0.0271 e. The molecular weight excluding hydrogens is 264 g/mol. The van der Waals surface area contributed by atoms with Crippen LogP contribution in [0.2, 0.25) is 0 Å². The van der Waals surface area contributed by atoms with Crippen molar-refractivity contribution in [1.29, 1.82) is 0 Å². The summed E-state index contributed by atoms with van der Waals surface area (Å²) in [7, 11) is 0.